The number of aliphatic hydroxyl groups is 1. The number of aliphatic hydroxyl groups excluding tert-OH is 1. The number of nitrogens with zero attached hydrogens (tertiary/aromatic N) is 1. The second kappa shape index (κ2) is 6.82. The zero-order chi connectivity index (χ0) is 14.4. The van der Waals surface area contributed by atoms with Gasteiger partial charge in [-0.15, -0.1) is 0 Å². The van der Waals surface area contributed by atoms with Crippen LogP contribution in [0.15, 0.2) is 54.6 Å². The Labute approximate surface area is 117 Å². The fraction of sp³-hybridized carbons (Fsp3) is 0.250. The normalized spacial score (nSPS) is 12.1. The second-order valence-corrected chi connectivity index (χ2v) is 4.75. The number of non-ortho nitro benzene ring substituents is 1. The summed E-state index contributed by atoms with van der Waals surface area (Å²) in [5.41, 5.74) is 2.31. The Kier molecular flexibility index (Phi) is 4.85. The molecule has 2 rings (SSSR count). The van der Waals surface area contributed by atoms with Crippen molar-refractivity contribution in [1.82, 2.24) is 0 Å². The van der Waals surface area contributed by atoms with Gasteiger partial charge in [0.25, 0.3) is 5.69 Å². The molecule has 0 spiro atoms. The van der Waals surface area contributed by atoms with E-state index in [1.54, 1.807) is 12.1 Å². The zero-order valence-corrected chi connectivity index (χ0v) is 11.1. The van der Waals surface area contributed by atoms with E-state index in [0.29, 0.717) is 6.42 Å². The third-order valence-electron chi connectivity index (χ3n) is 3.38. The molecule has 0 saturated heterocycles. The van der Waals surface area contributed by atoms with Crippen molar-refractivity contribution in [3.8, 4) is 0 Å². The molecular formula is C16H17NO3. The van der Waals surface area contributed by atoms with Crippen molar-refractivity contribution in [2.75, 3.05) is 6.61 Å². The molecule has 0 aliphatic carbocycles. The highest BCUT2D eigenvalue weighted by Gasteiger charge is 2.13. The summed E-state index contributed by atoms with van der Waals surface area (Å²) >= 11 is 0. The first-order valence-corrected chi connectivity index (χ1v) is 6.60. The average Bonchev–Trinajstić information content (AvgIpc) is 2.48. The Bertz CT molecular complexity index is 552. The van der Waals surface area contributed by atoms with Crippen LogP contribution >= 0.6 is 0 Å². The van der Waals surface area contributed by atoms with Crippen molar-refractivity contribution < 1.29 is 10.0 Å². The summed E-state index contributed by atoms with van der Waals surface area (Å²) in [5, 5.41) is 19.9. The summed E-state index contributed by atoms with van der Waals surface area (Å²) in [6, 6.07) is 16.6. The molecule has 0 saturated carbocycles. The highest BCUT2D eigenvalue weighted by atomic mass is 16.6. The topological polar surface area (TPSA) is 63.4 Å². The summed E-state index contributed by atoms with van der Waals surface area (Å²) < 4.78 is 0. The van der Waals surface area contributed by atoms with Crippen molar-refractivity contribution in [2.45, 2.75) is 18.8 Å². The van der Waals surface area contributed by atoms with Crippen molar-refractivity contribution >= 4 is 5.69 Å². The van der Waals surface area contributed by atoms with E-state index in [1.807, 2.05) is 18.2 Å². The molecule has 0 heterocycles. The van der Waals surface area contributed by atoms with Gasteiger partial charge in [-0.2, -0.15) is 0 Å². The summed E-state index contributed by atoms with van der Waals surface area (Å²) in [6.45, 7) is 0.106. The standard InChI is InChI=1S/C16H17NO3/c18-11-10-15(12-13-4-2-1-3-5-13)14-6-8-16(9-7-14)17(19)20/h1-9,15,18H,10-12H2/t15-/m1/s1. The lowest BCUT2D eigenvalue weighted by Crippen LogP contribution is -2.05. The van der Waals surface area contributed by atoms with Crippen LogP contribution in [-0.2, 0) is 6.42 Å². The number of nitro benzene ring substituents is 1. The van der Waals surface area contributed by atoms with Gasteiger partial charge >= 0.3 is 0 Å². The van der Waals surface area contributed by atoms with Crippen LogP contribution in [0, 0.1) is 10.1 Å². The SMILES string of the molecule is O=[N+]([O-])c1ccc([C@H](CCO)Cc2ccccc2)cc1. The van der Waals surface area contributed by atoms with Crippen LogP contribution in [0.4, 0.5) is 5.69 Å². The molecule has 104 valence electrons. The van der Waals surface area contributed by atoms with Crippen LogP contribution in [-0.4, -0.2) is 16.6 Å². The molecule has 4 heteroatoms. The Morgan fingerprint density at radius 3 is 2.25 bits per heavy atom. The molecule has 2 aromatic rings. The molecule has 2 aromatic carbocycles. The summed E-state index contributed by atoms with van der Waals surface area (Å²) in [4.78, 5) is 10.3. The van der Waals surface area contributed by atoms with Gasteiger partial charge in [-0.3, -0.25) is 10.1 Å². The predicted octanol–water partition coefficient (Wildman–Crippen LogP) is 3.30. The van der Waals surface area contributed by atoms with Crippen molar-refractivity contribution in [3.63, 3.8) is 0 Å². The maximum absolute atomic E-state index is 10.7. The van der Waals surface area contributed by atoms with E-state index in [2.05, 4.69) is 12.1 Å². The lowest BCUT2D eigenvalue weighted by Gasteiger charge is -2.16. The first kappa shape index (κ1) is 14.2. The number of hydrogen-bond acceptors (Lipinski definition) is 3. The minimum absolute atomic E-state index is 0.0937. The average molecular weight is 271 g/mol. The van der Waals surface area contributed by atoms with Crippen molar-refractivity contribution in [2.24, 2.45) is 0 Å². The third-order valence-corrected chi connectivity index (χ3v) is 3.38. The molecule has 20 heavy (non-hydrogen) atoms. The molecule has 0 aliphatic rings. The fourth-order valence-electron chi connectivity index (χ4n) is 2.31. The van der Waals surface area contributed by atoms with E-state index in [4.69, 9.17) is 0 Å². The Balaban J connectivity index is 2.17. The Hall–Kier alpha value is -2.20. The fourth-order valence-corrected chi connectivity index (χ4v) is 2.31. The number of rotatable bonds is 6. The molecule has 1 N–H and O–H groups in total. The maximum atomic E-state index is 10.7. The minimum Gasteiger partial charge on any atom is -0.396 e. The van der Waals surface area contributed by atoms with Gasteiger partial charge in [0.1, 0.15) is 0 Å². The largest absolute Gasteiger partial charge is 0.396 e. The van der Waals surface area contributed by atoms with Gasteiger partial charge in [-0.05, 0) is 29.9 Å². The molecule has 0 aliphatic heterocycles. The van der Waals surface area contributed by atoms with Crippen LogP contribution in [0.5, 0.6) is 0 Å². The van der Waals surface area contributed by atoms with Gasteiger partial charge < -0.3 is 5.11 Å². The van der Waals surface area contributed by atoms with E-state index in [0.717, 1.165) is 12.0 Å². The lowest BCUT2D eigenvalue weighted by molar-refractivity contribution is -0.384. The quantitative estimate of drug-likeness (QED) is 0.647. The Morgan fingerprint density at radius 1 is 1.05 bits per heavy atom. The first-order valence-electron chi connectivity index (χ1n) is 6.60. The van der Waals surface area contributed by atoms with Gasteiger partial charge in [0.15, 0.2) is 0 Å². The van der Waals surface area contributed by atoms with Crippen LogP contribution < -0.4 is 0 Å². The van der Waals surface area contributed by atoms with Crippen LogP contribution in [0.25, 0.3) is 0 Å². The molecule has 0 fully saturated rings. The number of nitro groups is 1. The van der Waals surface area contributed by atoms with Gasteiger partial charge in [0, 0.05) is 18.7 Å². The molecule has 1 atom stereocenters. The highest BCUT2D eigenvalue weighted by molar-refractivity contribution is 5.35. The molecule has 0 aromatic heterocycles. The van der Waals surface area contributed by atoms with Crippen molar-refractivity contribution in [3.05, 3.63) is 75.8 Å². The zero-order valence-electron chi connectivity index (χ0n) is 11.1. The molecule has 0 bridgehead atoms. The van der Waals surface area contributed by atoms with E-state index < -0.39 is 4.92 Å². The maximum Gasteiger partial charge on any atom is 0.269 e. The summed E-state index contributed by atoms with van der Waals surface area (Å²) in [7, 11) is 0. The van der Waals surface area contributed by atoms with E-state index in [1.165, 1.54) is 17.7 Å². The molecule has 0 radical (unpaired) electrons. The Morgan fingerprint density at radius 2 is 1.70 bits per heavy atom. The van der Waals surface area contributed by atoms with Crippen LogP contribution in [0.2, 0.25) is 0 Å². The number of hydrogen-bond donors (Lipinski definition) is 1. The summed E-state index contributed by atoms with van der Waals surface area (Å²) in [6.07, 6.45) is 1.46. The highest BCUT2D eigenvalue weighted by Crippen LogP contribution is 2.26. The van der Waals surface area contributed by atoms with E-state index in [-0.39, 0.29) is 18.2 Å². The van der Waals surface area contributed by atoms with E-state index >= 15 is 0 Å². The molecule has 4 nitrogen and oxygen atoms in total. The van der Waals surface area contributed by atoms with Gasteiger partial charge in [-0.25, -0.2) is 0 Å². The smallest absolute Gasteiger partial charge is 0.269 e. The lowest BCUT2D eigenvalue weighted by atomic mass is 9.89. The van der Waals surface area contributed by atoms with Gasteiger partial charge in [-0.1, -0.05) is 42.5 Å². The monoisotopic (exact) mass is 271 g/mol. The molecule has 0 amide bonds. The van der Waals surface area contributed by atoms with Crippen LogP contribution in [0.3, 0.4) is 0 Å². The molecule has 0 unspecified atom stereocenters. The minimum atomic E-state index is -0.401. The number of benzene rings is 2. The first-order chi connectivity index (χ1) is 9.70. The third kappa shape index (κ3) is 3.65. The molecular weight excluding hydrogens is 254 g/mol. The van der Waals surface area contributed by atoms with E-state index in [9.17, 15) is 15.2 Å². The van der Waals surface area contributed by atoms with Gasteiger partial charge in [0.05, 0.1) is 4.92 Å². The predicted molar refractivity (Wildman–Crippen MR) is 77.7 cm³/mol. The second-order valence-electron chi connectivity index (χ2n) is 4.75. The van der Waals surface area contributed by atoms with Crippen molar-refractivity contribution in [1.29, 1.82) is 0 Å². The van der Waals surface area contributed by atoms with Crippen LogP contribution in [0.1, 0.15) is 23.5 Å². The summed E-state index contributed by atoms with van der Waals surface area (Å²) in [5.74, 6) is 0.170. The van der Waals surface area contributed by atoms with Gasteiger partial charge in [0.2, 0.25) is 0 Å².